The van der Waals surface area contributed by atoms with E-state index in [4.69, 9.17) is 9.84 Å². The molecule has 0 radical (unpaired) electrons. The van der Waals surface area contributed by atoms with Crippen molar-refractivity contribution in [2.24, 2.45) is 0 Å². The van der Waals surface area contributed by atoms with E-state index in [2.05, 4.69) is 29.5 Å². The van der Waals surface area contributed by atoms with Crippen LogP contribution in [-0.2, 0) is 22.7 Å². The Labute approximate surface area is 145 Å². The highest BCUT2D eigenvalue weighted by Gasteiger charge is 2.11. The molecular weight excluding hydrogens is 324 g/mol. The Hall–Kier alpha value is -2.90. The maximum Gasteiger partial charge on any atom is 0.325 e. The maximum absolute atomic E-state index is 11.9. The summed E-state index contributed by atoms with van der Waals surface area (Å²) in [5.41, 5.74) is 1.56. The second kappa shape index (κ2) is 8.81. The fourth-order valence-corrected chi connectivity index (χ4v) is 2.26. The van der Waals surface area contributed by atoms with E-state index >= 15 is 0 Å². The van der Waals surface area contributed by atoms with Gasteiger partial charge in [-0.15, -0.1) is 5.10 Å². The predicted molar refractivity (Wildman–Crippen MR) is 90.1 cm³/mol. The maximum atomic E-state index is 11.9. The monoisotopic (exact) mass is 346 g/mol. The van der Waals surface area contributed by atoms with Crippen molar-refractivity contribution in [3.05, 3.63) is 41.7 Å². The third-order valence-electron chi connectivity index (χ3n) is 3.77. The molecule has 0 bridgehead atoms. The molecule has 0 saturated heterocycles. The lowest BCUT2D eigenvalue weighted by Crippen LogP contribution is -2.28. The molecule has 25 heavy (non-hydrogen) atoms. The fourth-order valence-electron chi connectivity index (χ4n) is 2.26. The Morgan fingerprint density at radius 3 is 2.84 bits per heavy atom. The number of ether oxygens (including phenoxy) is 1. The Morgan fingerprint density at radius 2 is 2.12 bits per heavy atom. The van der Waals surface area contributed by atoms with Crippen molar-refractivity contribution < 1.29 is 19.4 Å². The lowest BCUT2D eigenvalue weighted by molar-refractivity contribution is -0.138. The van der Waals surface area contributed by atoms with Gasteiger partial charge in [0, 0.05) is 0 Å². The third-order valence-corrected chi connectivity index (χ3v) is 3.77. The van der Waals surface area contributed by atoms with Crippen LogP contribution in [0.1, 0.15) is 37.4 Å². The molecule has 0 saturated carbocycles. The largest absolute Gasteiger partial charge is 0.483 e. The van der Waals surface area contributed by atoms with Crippen molar-refractivity contribution in [3.63, 3.8) is 0 Å². The van der Waals surface area contributed by atoms with E-state index in [-0.39, 0.29) is 25.6 Å². The van der Waals surface area contributed by atoms with Gasteiger partial charge in [0.2, 0.25) is 0 Å². The van der Waals surface area contributed by atoms with Gasteiger partial charge in [-0.25, -0.2) is 4.68 Å². The number of carboxylic acids is 1. The average molecular weight is 346 g/mol. The SMILES string of the molecule is CCC(C)c1ccccc1OCC(=O)NCc1cn(CC(=O)O)nn1. The number of aromatic nitrogens is 3. The lowest BCUT2D eigenvalue weighted by atomic mass is 9.98. The van der Waals surface area contributed by atoms with Gasteiger partial charge in [-0.2, -0.15) is 0 Å². The number of amides is 1. The van der Waals surface area contributed by atoms with Crippen LogP contribution in [0.15, 0.2) is 30.5 Å². The fraction of sp³-hybridized carbons (Fsp3) is 0.412. The number of hydrogen-bond acceptors (Lipinski definition) is 5. The highest BCUT2D eigenvalue weighted by molar-refractivity contribution is 5.77. The summed E-state index contributed by atoms with van der Waals surface area (Å²) in [5, 5.41) is 18.8. The number of nitrogens with one attached hydrogen (secondary N) is 1. The molecular formula is C17H22N4O4. The first-order chi connectivity index (χ1) is 12.0. The summed E-state index contributed by atoms with van der Waals surface area (Å²) in [6.45, 7) is 4.01. The third kappa shape index (κ3) is 5.59. The van der Waals surface area contributed by atoms with Crippen LogP contribution in [0, 0.1) is 0 Å². The summed E-state index contributed by atoms with van der Waals surface area (Å²) in [6, 6.07) is 7.68. The standard InChI is InChI=1S/C17H22N4O4/c1-3-12(2)14-6-4-5-7-15(14)25-11-16(22)18-8-13-9-21(20-19-13)10-17(23)24/h4-7,9,12H,3,8,10-11H2,1-2H3,(H,18,22)(H,23,24). The lowest BCUT2D eigenvalue weighted by Gasteiger charge is -2.15. The van der Waals surface area contributed by atoms with Gasteiger partial charge in [0.05, 0.1) is 12.7 Å². The normalized spacial score (nSPS) is 11.8. The number of carbonyl (C=O) groups excluding carboxylic acids is 1. The van der Waals surface area contributed by atoms with E-state index in [1.165, 1.54) is 10.9 Å². The van der Waals surface area contributed by atoms with Crippen LogP contribution in [0.4, 0.5) is 0 Å². The van der Waals surface area contributed by atoms with Crippen LogP contribution in [0.3, 0.4) is 0 Å². The summed E-state index contributed by atoms with van der Waals surface area (Å²) >= 11 is 0. The van der Waals surface area contributed by atoms with E-state index in [9.17, 15) is 9.59 Å². The zero-order chi connectivity index (χ0) is 18.2. The molecule has 0 aliphatic rings. The highest BCUT2D eigenvalue weighted by Crippen LogP contribution is 2.28. The van der Waals surface area contributed by atoms with Crippen molar-refractivity contribution in [2.75, 3.05) is 6.61 Å². The second-order valence-corrected chi connectivity index (χ2v) is 5.71. The first-order valence-corrected chi connectivity index (χ1v) is 8.08. The molecule has 1 amide bonds. The molecule has 2 N–H and O–H groups in total. The van der Waals surface area contributed by atoms with Gasteiger partial charge in [-0.1, -0.05) is 37.3 Å². The van der Waals surface area contributed by atoms with Crippen molar-refractivity contribution in [1.29, 1.82) is 0 Å². The van der Waals surface area contributed by atoms with Gasteiger partial charge in [0.25, 0.3) is 5.91 Å². The molecule has 0 aliphatic carbocycles. The summed E-state index contributed by atoms with van der Waals surface area (Å²) in [6.07, 6.45) is 2.46. The number of hydrogen-bond donors (Lipinski definition) is 2. The van der Waals surface area contributed by atoms with Gasteiger partial charge in [0.15, 0.2) is 6.61 Å². The first kappa shape index (κ1) is 18.4. The predicted octanol–water partition coefficient (Wildman–Crippen LogP) is 1.57. The molecule has 1 aromatic heterocycles. The number of aliphatic carboxylic acids is 1. The van der Waals surface area contributed by atoms with Crippen LogP contribution in [0.5, 0.6) is 5.75 Å². The van der Waals surface area contributed by atoms with Crippen LogP contribution < -0.4 is 10.1 Å². The smallest absolute Gasteiger partial charge is 0.325 e. The minimum absolute atomic E-state index is 0.100. The minimum Gasteiger partial charge on any atom is -0.483 e. The van der Waals surface area contributed by atoms with Crippen LogP contribution in [-0.4, -0.2) is 38.6 Å². The average Bonchev–Trinajstić information content (AvgIpc) is 3.04. The van der Waals surface area contributed by atoms with Gasteiger partial charge >= 0.3 is 5.97 Å². The van der Waals surface area contributed by atoms with Gasteiger partial charge in [0.1, 0.15) is 18.0 Å². The second-order valence-electron chi connectivity index (χ2n) is 5.71. The number of rotatable bonds is 9. The van der Waals surface area contributed by atoms with Crippen LogP contribution in [0.25, 0.3) is 0 Å². The summed E-state index contributed by atoms with van der Waals surface area (Å²) in [5.74, 6) is -0.233. The molecule has 2 rings (SSSR count). The molecule has 8 nitrogen and oxygen atoms in total. The summed E-state index contributed by atoms with van der Waals surface area (Å²) < 4.78 is 6.83. The van der Waals surface area contributed by atoms with Crippen molar-refractivity contribution in [3.8, 4) is 5.75 Å². The minimum atomic E-state index is -1.01. The van der Waals surface area contributed by atoms with E-state index in [0.717, 1.165) is 12.0 Å². The number of carbonyl (C=O) groups is 2. The van der Waals surface area contributed by atoms with E-state index < -0.39 is 5.97 Å². The first-order valence-electron chi connectivity index (χ1n) is 8.08. The Bertz CT molecular complexity index is 729. The van der Waals surface area contributed by atoms with Gasteiger partial charge < -0.3 is 15.2 Å². The van der Waals surface area contributed by atoms with Gasteiger partial charge in [-0.05, 0) is 24.0 Å². The Balaban J connectivity index is 1.83. The number of nitrogens with zero attached hydrogens (tertiary/aromatic N) is 3. The molecule has 1 unspecified atom stereocenters. The number of benzene rings is 1. The molecule has 1 heterocycles. The summed E-state index contributed by atoms with van der Waals surface area (Å²) in [4.78, 5) is 22.5. The molecule has 2 aromatic rings. The van der Waals surface area contributed by atoms with Crippen LogP contribution in [0.2, 0.25) is 0 Å². The molecule has 0 aliphatic heterocycles. The number of para-hydroxylation sites is 1. The van der Waals surface area contributed by atoms with Crippen molar-refractivity contribution >= 4 is 11.9 Å². The Kier molecular flexibility index (Phi) is 6.50. The van der Waals surface area contributed by atoms with E-state index in [1.807, 2.05) is 24.3 Å². The molecule has 0 fully saturated rings. The topological polar surface area (TPSA) is 106 Å². The van der Waals surface area contributed by atoms with Crippen molar-refractivity contribution in [2.45, 2.75) is 39.3 Å². The van der Waals surface area contributed by atoms with Crippen molar-refractivity contribution in [1.82, 2.24) is 20.3 Å². The van der Waals surface area contributed by atoms with E-state index in [1.54, 1.807) is 0 Å². The molecule has 1 atom stereocenters. The quantitative estimate of drug-likeness (QED) is 0.714. The highest BCUT2D eigenvalue weighted by atomic mass is 16.5. The zero-order valence-corrected chi connectivity index (χ0v) is 14.3. The molecule has 134 valence electrons. The summed E-state index contributed by atoms with van der Waals surface area (Å²) in [7, 11) is 0. The molecule has 1 aromatic carbocycles. The number of carboxylic acid groups (broad SMARTS) is 1. The molecule has 0 spiro atoms. The zero-order valence-electron chi connectivity index (χ0n) is 14.3. The van der Waals surface area contributed by atoms with Crippen LogP contribution >= 0.6 is 0 Å². The van der Waals surface area contributed by atoms with E-state index in [0.29, 0.717) is 17.4 Å². The Morgan fingerprint density at radius 1 is 1.36 bits per heavy atom. The van der Waals surface area contributed by atoms with Gasteiger partial charge in [-0.3, -0.25) is 9.59 Å². The molecule has 8 heteroatoms.